The van der Waals surface area contributed by atoms with Crippen LogP contribution >= 0.6 is 0 Å². The highest BCUT2D eigenvalue weighted by Crippen LogP contribution is 2.47. The molecule has 57 heavy (non-hydrogen) atoms. The number of aliphatic imine (C=N–C) groups is 3. The van der Waals surface area contributed by atoms with E-state index < -0.39 is 0 Å². The molecule has 5 nitrogen and oxygen atoms in total. The number of allylic oxidation sites excluding steroid dienone is 1. The number of benzene rings is 6. The average molecular weight is 737 g/mol. The maximum Gasteiger partial charge on any atom is 0.161 e. The van der Waals surface area contributed by atoms with Crippen LogP contribution in [0.1, 0.15) is 45.3 Å². The van der Waals surface area contributed by atoms with Crippen LogP contribution in [0.2, 0.25) is 0 Å². The highest BCUT2D eigenvalue weighted by Gasteiger charge is 2.36. The zero-order valence-corrected chi connectivity index (χ0v) is 31.4. The third kappa shape index (κ3) is 6.47. The summed E-state index contributed by atoms with van der Waals surface area (Å²) in [4.78, 5) is 14.5. The number of hydrogen-bond donors (Lipinski definition) is 0. The van der Waals surface area contributed by atoms with Crippen molar-refractivity contribution in [3.05, 3.63) is 221 Å². The molecule has 274 valence electrons. The molecule has 3 unspecified atom stereocenters. The maximum atomic E-state index is 6.98. The van der Waals surface area contributed by atoms with Gasteiger partial charge in [-0.25, -0.2) is 9.98 Å². The number of amidine groups is 2. The molecule has 0 radical (unpaired) electrons. The van der Waals surface area contributed by atoms with Crippen LogP contribution < -0.4 is 4.74 Å². The van der Waals surface area contributed by atoms with Crippen molar-refractivity contribution in [2.45, 2.75) is 24.4 Å². The van der Waals surface area contributed by atoms with Crippen LogP contribution in [0.25, 0.3) is 33.8 Å². The largest absolute Gasteiger partial charge is 0.483 e. The first-order chi connectivity index (χ1) is 28.2. The minimum absolute atomic E-state index is 0.108. The van der Waals surface area contributed by atoms with Gasteiger partial charge in [0.05, 0.1) is 17.7 Å². The Balaban J connectivity index is 0.990. The van der Waals surface area contributed by atoms with Gasteiger partial charge in [-0.1, -0.05) is 164 Å². The lowest BCUT2D eigenvalue weighted by Gasteiger charge is -2.21. The molecular formula is C52H40N4O. The van der Waals surface area contributed by atoms with Crippen molar-refractivity contribution in [2.24, 2.45) is 15.0 Å². The van der Waals surface area contributed by atoms with Crippen molar-refractivity contribution in [2.75, 3.05) is 6.54 Å². The second-order valence-corrected chi connectivity index (χ2v) is 14.7. The summed E-state index contributed by atoms with van der Waals surface area (Å²) in [5.41, 5.74) is 12.5. The highest BCUT2D eigenvalue weighted by atomic mass is 16.5. The fourth-order valence-corrected chi connectivity index (χ4v) is 8.55. The van der Waals surface area contributed by atoms with E-state index in [1.165, 1.54) is 33.3 Å². The molecule has 5 heteroatoms. The van der Waals surface area contributed by atoms with Gasteiger partial charge in [-0.3, -0.25) is 4.99 Å². The highest BCUT2D eigenvalue weighted by molar-refractivity contribution is 6.13. The van der Waals surface area contributed by atoms with Gasteiger partial charge in [0.15, 0.2) is 11.7 Å². The Labute approximate surface area is 333 Å². The third-order valence-corrected chi connectivity index (χ3v) is 11.3. The van der Waals surface area contributed by atoms with E-state index in [2.05, 4.69) is 168 Å². The Kier molecular flexibility index (Phi) is 8.96. The van der Waals surface area contributed by atoms with E-state index in [1.807, 2.05) is 36.4 Å². The summed E-state index contributed by atoms with van der Waals surface area (Å²) < 4.78 is 9.43. The second kappa shape index (κ2) is 14.9. The molecule has 0 fully saturated rings. The van der Waals surface area contributed by atoms with Crippen LogP contribution in [0.3, 0.4) is 0 Å². The maximum absolute atomic E-state index is 6.98. The third-order valence-electron chi connectivity index (χ3n) is 11.3. The van der Waals surface area contributed by atoms with E-state index >= 15 is 0 Å². The molecule has 0 N–H and O–H groups in total. The van der Waals surface area contributed by atoms with E-state index in [4.69, 9.17) is 14.7 Å². The smallest absolute Gasteiger partial charge is 0.161 e. The normalized spacial score (nSPS) is 18.4. The molecule has 2 heterocycles. The van der Waals surface area contributed by atoms with Crippen LogP contribution in [0, 0.1) is 0 Å². The fraction of sp³-hybridized carbons (Fsp3) is 0.0962. The molecule has 3 aliphatic rings. The van der Waals surface area contributed by atoms with Crippen LogP contribution in [0.4, 0.5) is 0 Å². The van der Waals surface area contributed by atoms with Gasteiger partial charge in [-0.15, -0.1) is 0 Å². The minimum Gasteiger partial charge on any atom is -0.483 e. The number of rotatable bonds is 7. The van der Waals surface area contributed by atoms with Gasteiger partial charge in [0, 0.05) is 45.2 Å². The summed E-state index contributed by atoms with van der Waals surface area (Å²) >= 11 is 0. The molecule has 0 bridgehead atoms. The van der Waals surface area contributed by atoms with Crippen molar-refractivity contribution in [3.63, 3.8) is 0 Å². The Morgan fingerprint density at radius 2 is 1.40 bits per heavy atom. The summed E-state index contributed by atoms with van der Waals surface area (Å²) in [7, 11) is 0. The topological polar surface area (TPSA) is 51.2 Å². The van der Waals surface area contributed by atoms with E-state index in [9.17, 15) is 0 Å². The van der Waals surface area contributed by atoms with Crippen molar-refractivity contribution in [1.82, 2.24) is 4.57 Å². The van der Waals surface area contributed by atoms with Crippen molar-refractivity contribution >= 4 is 35.4 Å². The minimum atomic E-state index is -0.144. The lowest BCUT2D eigenvalue weighted by molar-refractivity contribution is 0.267. The van der Waals surface area contributed by atoms with Crippen LogP contribution in [0.5, 0.6) is 5.75 Å². The first kappa shape index (κ1) is 34.4. The van der Waals surface area contributed by atoms with Gasteiger partial charge in [0.25, 0.3) is 0 Å². The molecule has 2 aliphatic carbocycles. The summed E-state index contributed by atoms with van der Waals surface area (Å²) in [6.07, 6.45) is 12.2. The number of nitrogens with zero attached hydrogens (tertiary/aromatic N) is 4. The summed E-state index contributed by atoms with van der Waals surface area (Å²) in [5, 5.41) is 1.26. The van der Waals surface area contributed by atoms with Crippen molar-refractivity contribution in [1.29, 1.82) is 0 Å². The molecule has 3 atom stereocenters. The number of hydrogen-bond acceptors (Lipinski definition) is 2. The molecule has 0 saturated heterocycles. The Morgan fingerprint density at radius 3 is 2.23 bits per heavy atom. The predicted octanol–water partition coefficient (Wildman–Crippen LogP) is 11.6. The zero-order valence-electron chi connectivity index (χ0n) is 31.4. The first-order valence-electron chi connectivity index (χ1n) is 19.6. The van der Waals surface area contributed by atoms with E-state index in [-0.39, 0.29) is 12.0 Å². The first-order valence-corrected chi connectivity index (χ1v) is 19.6. The van der Waals surface area contributed by atoms with Gasteiger partial charge >= 0.3 is 0 Å². The number of fused-ring (bicyclic) bond motifs is 6. The standard InChI is InChI=1S/C52H40N4O/c1-53-51(38-19-9-4-10-20-38)55-52(41-22-13-21-39(32-41)36-15-5-2-6-16-36)54-34-35-27-29-44-45-24-14-26-47(50(45)57-49(44)31-35)56-46-25-12-11-23-42(46)43-30-28-40(33-48(43)56)37-17-7-3-8-18-37/h2-32,40,44,49H,1,33-34H2/b54-52-,55-51-. The van der Waals surface area contributed by atoms with E-state index in [1.54, 1.807) is 0 Å². The Hall–Kier alpha value is -7.11. The quantitative estimate of drug-likeness (QED) is 0.119. The van der Waals surface area contributed by atoms with Gasteiger partial charge in [-0.2, -0.15) is 0 Å². The van der Waals surface area contributed by atoms with Gasteiger partial charge in [-0.05, 0) is 59.7 Å². The van der Waals surface area contributed by atoms with E-state index in [0.717, 1.165) is 45.7 Å². The second-order valence-electron chi connectivity index (χ2n) is 14.7. The Morgan fingerprint density at radius 1 is 0.684 bits per heavy atom. The molecular weight excluding hydrogens is 697 g/mol. The fourth-order valence-electron chi connectivity index (χ4n) is 8.55. The summed E-state index contributed by atoms with van der Waals surface area (Å²) in [6.45, 7) is 4.29. The number of aromatic nitrogens is 1. The summed E-state index contributed by atoms with van der Waals surface area (Å²) in [5.74, 6) is 2.48. The van der Waals surface area contributed by atoms with Crippen LogP contribution in [-0.2, 0) is 6.42 Å². The lowest BCUT2D eigenvalue weighted by atomic mass is 9.87. The number of para-hydroxylation sites is 2. The Bertz CT molecular complexity index is 2790. The van der Waals surface area contributed by atoms with E-state index in [0.29, 0.717) is 24.1 Å². The molecule has 0 amide bonds. The van der Waals surface area contributed by atoms with Gasteiger partial charge < -0.3 is 9.30 Å². The van der Waals surface area contributed by atoms with Gasteiger partial charge in [0.1, 0.15) is 11.9 Å². The number of ether oxygens (including phenoxy) is 1. The van der Waals surface area contributed by atoms with Crippen LogP contribution in [0.15, 0.2) is 203 Å². The van der Waals surface area contributed by atoms with Crippen LogP contribution in [-0.4, -0.2) is 35.6 Å². The zero-order chi connectivity index (χ0) is 38.1. The molecule has 6 aromatic carbocycles. The molecule has 0 spiro atoms. The molecule has 10 rings (SSSR count). The molecule has 0 saturated carbocycles. The molecule has 1 aliphatic heterocycles. The summed E-state index contributed by atoms with van der Waals surface area (Å²) in [6, 6.07) is 54.8. The van der Waals surface area contributed by atoms with Gasteiger partial charge in [0.2, 0.25) is 0 Å². The monoisotopic (exact) mass is 736 g/mol. The predicted molar refractivity (Wildman–Crippen MR) is 235 cm³/mol. The molecule has 1 aromatic heterocycles. The van der Waals surface area contributed by atoms with Crippen molar-refractivity contribution in [3.8, 4) is 22.6 Å². The SMILES string of the molecule is C=N/C(=N\C(=N/CC1=CC2Oc3c(cccc3-n3c4c(c5ccccc53)C=CC(c3ccccc3)C4)C2C=C1)c1cccc(-c2ccccc2)c1)c1ccccc1. The molecule has 7 aromatic rings. The average Bonchev–Trinajstić information content (AvgIpc) is 3.82. The lowest BCUT2D eigenvalue weighted by Crippen LogP contribution is -2.18. The van der Waals surface area contributed by atoms with Crippen molar-refractivity contribution < 1.29 is 4.74 Å².